The molecule has 162 valence electrons. The van der Waals surface area contributed by atoms with Crippen LogP contribution in [-0.2, 0) is 6.54 Å². The highest BCUT2D eigenvalue weighted by Gasteiger charge is 2.23. The molecule has 1 saturated heterocycles. The fourth-order valence-corrected chi connectivity index (χ4v) is 4.81. The Kier molecular flexibility index (Phi) is 6.68. The first-order valence-corrected chi connectivity index (χ1v) is 11.5. The predicted octanol–water partition coefficient (Wildman–Crippen LogP) is 4.87. The second-order valence-corrected chi connectivity index (χ2v) is 9.28. The Morgan fingerprint density at radius 3 is 2.71 bits per heavy atom. The third-order valence-electron chi connectivity index (χ3n) is 5.76. The molecule has 1 aromatic heterocycles. The number of nitrogens with zero attached hydrogens (tertiary/aromatic N) is 2. The number of benzene rings is 2. The largest absolute Gasteiger partial charge is 0.378 e. The summed E-state index contributed by atoms with van der Waals surface area (Å²) in [5.41, 5.74) is 4.20. The zero-order valence-corrected chi connectivity index (χ0v) is 18.8. The van der Waals surface area contributed by atoms with Gasteiger partial charge < -0.3 is 10.2 Å². The minimum Gasteiger partial charge on any atom is -0.378 e. The Hall–Kier alpha value is -2.70. The number of anilines is 1. The van der Waals surface area contributed by atoms with Crippen molar-refractivity contribution in [3.05, 3.63) is 76.2 Å². The van der Waals surface area contributed by atoms with E-state index in [0.29, 0.717) is 17.3 Å². The fraction of sp³-hybridized carbons (Fsp3) is 0.320. The maximum atomic E-state index is 13.4. The van der Waals surface area contributed by atoms with E-state index in [1.807, 2.05) is 31.6 Å². The number of carbonyl (C=O) groups is 1. The first kappa shape index (κ1) is 21.5. The third-order valence-corrected chi connectivity index (χ3v) is 6.69. The highest BCUT2D eigenvalue weighted by atomic mass is 32.1. The molecule has 0 spiro atoms. The maximum Gasteiger partial charge on any atom is 0.261 e. The van der Waals surface area contributed by atoms with Gasteiger partial charge in [0.15, 0.2) is 0 Å². The van der Waals surface area contributed by atoms with E-state index in [1.165, 1.54) is 34.7 Å². The molecular formula is C25H28FN3OS. The molecule has 6 heteroatoms. The first-order chi connectivity index (χ1) is 15.0. The van der Waals surface area contributed by atoms with Crippen LogP contribution in [-0.4, -0.2) is 44.5 Å². The van der Waals surface area contributed by atoms with Crippen molar-refractivity contribution < 1.29 is 9.18 Å². The Bertz CT molecular complexity index is 1030. The molecule has 1 aliphatic heterocycles. The summed E-state index contributed by atoms with van der Waals surface area (Å²) in [7, 11) is 4.10. The summed E-state index contributed by atoms with van der Waals surface area (Å²) in [4.78, 5) is 17.8. The molecule has 1 fully saturated rings. The number of rotatable bonds is 7. The van der Waals surface area contributed by atoms with Gasteiger partial charge in [0.25, 0.3) is 5.91 Å². The summed E-state index contributed by atoms with van der Waals surface area (Å²) >= 11 is 1.40. The molecule has 1 N–H and O–H groups in total. The summed E-state index contributed by atoms with van der Waals surface area (Å²) < 4.78 is 13.4. The average molecular weight is 438 g/mol. The topological polar surface area (TPSA) is 35.6 Å². The molecule has 0 aliphatic carbocycles. The quantitative estimate of drug-likeness (QED) is 0.573. The monoisotopic (exact) mass is 437 g/mol. The van der Waals surface area contributed by atoms with Crippen LogP contribution in [0.1, 0.15) is 21.7 Å². The van der Waals surface area contributed by atoms with Crippen molar-refractivity contribution in [2.24, 2.45) is 5.92 Å². The number of amides is 1. The molecule has 1 aliphatic rings. The van der Waals surface area contributed by atoms with E-state index in [1.54, 1.807) is 6.07 Å². The normalized spacial score (nSPS) is 16.4. The first-order valence-electron chi connectivity index (χ1n) is 10.6. The van der Waals surface area contributed by atoms with Crippen LogP contribution >= 0.6 is 11.3 Å². The minimum absolute atomic E-state index is 0.0506. The minimum atomic E-state index is -0.269. The van der Waals surface area contributed by atoms with E-state index in [2.05, 4.69) is 39.4 Å². The lowest BCUT2D eigenvalue weighted by Crippen LogP contribution is -2.30. The van der Waals surface area contributed by atoms with Crippen molar-refractivity contribution >= 4 is 22.9 Å². The molecule has 4 rings (SSSR count). The van der Waals surface area contributed by atoms with Crippen LogP contribution in [0.25, 0.3) is 11.1 Å². The van der Waals surface area contributed by atoms with Crippen LogP contribution in [0, 0.1) is 11.7 Å². The Morgan fingerprint density at radius 1 is 1.16 bits per heavy atom. The summed E-state index contributed by atoms with van der Waals surface area (Å²) in [5, 5.41) is 4.99. The van der Waals surface area contributed by atoms with Crippen LogP contribution < -0.4 is 10.2 Å². The highest BCUT2D eigenvalue weighted by molar-refractivity contribution is 7.12. The maximum absolute atomic E-state index is 13.4. The number of thiophene rings is 1. The van der Waals surface area contributed by atoms with Crippen molar-refractivity contribution in [1.82, 2.24) is 10.2 Å². The van der Waals surface area contributed by atoms with Gasteiger partial charge in [-0.25, -0.2) is 4.39 Å². The van der Waals surface area contributed by atoms with E-state index in [4.69, 9.17) is 0 Å². The van der Waals surface area contributed by atoms with Gasteiger partial charge in [0.05, 0.1) is 4.88 Å². The smallest absolute Gasteiger partial charge is 0.261 e. The standard InChI is InChI=1S/C25H28FN3OS/c1-28(2)23-8-6-18(7-9-23)15-29-11-10-19(16-29)14-27-25(30)24-13-21(17-31-24)20-4-3-5-22(26)12-20/h3-9,12-13,17,19H,10-11,14-16H2,1-2H3,(H,27,30). The molecule has 3 aromatic rings. The molecule has 2 heterocycles. The van der Waals surface area contributed by atoms with Crippen LogP contribution in [0.2, 0.25) is 0 Å². The summed E-state index contributed by atoms with van der Waals surface area (Å²) in [6.07, 6.45) is 1.09. The van der Waals surface area contributed by atoms with Crippen LogP contribution in [0.3, 0.4) is 0 Å². The fourth-order valence-electron chi connectivity index (χ4n) is 3.98. The van der Waals surface area contributed by atoms with E-state index in [9.17, 15) is 9.18 Å². The third kappa shape index (κ3) is 5.51. The van der Waals surface area contributed by atoms with Gasteiger partial charge in [-0.1, -0.05) is 24.3 Å². The van der Waals surface area contributed by atoms with Crippen LogP contribution in [0.15, 0.2) is 60.0 Å². The van der Waals surface area contributed by atoms with Gasteiger partial charge >= 0.3 is 0 Å². The van der Waals surface area contributed by atoms with Crippen molar-refractivity contribution in [3.8, 4) is 11.1 Å². The van der Waals surface area contributed by atoms with Crippen molar-refractivity contribution in [1.29, 1.82) is 0 Å². The summed E-state index contributed by atoms with van der Waals surface area (Å²) in [5.74, 6) is 0.146. The van der Waals surface area contributed by atoms with Crippen molar-refractivity contribution in [2.45, 2.75) is 13.0 Å². The second-order valence-electron chi connectivity index (χ2n) is 8.37. The van der Waals surface area contributed by atoms with Crippen molar-refractivity contribution in [3.63, 3.8) is 0 Å². The highest BCUT2D eigenvalue weighted by Crippen LogP contribution is 2.26. The molecule has 1 atom stereocenters. The molecule has 0 saturated carbocycles. The molecule has 4 nitrogen and oxygen atoms in total. The van der Waals surface area contributed by atoms with Crippen molar-refractivity contribution in [2.75, 3.05) is 38.6 Å². The zero-order chi connectivity index (χ0) is 21.8. The lowest BCUT2D eigenvalue weighted by molar-refractivity contribution is 0.0951. The van der Waals surface area contributed by atoms with E-state index in [0.717, 1.165) is 37.2 Å². The van der Waals surface area contributed by atoms with Gasteiger partial charge in [0.2, 0.25) is 0 Å². The Labute approximate surface area is 187 Å². The van der Waals surface area contributed by atoms with Crippen LogP contribution in [0.5, 0.6) is 0 Å². The van der Waals surface area contributed by atoms with Gasteiger partial charge in [-0.05, 0) is 71.3 Å². The number of hydrogen-bond acceptors (Lipinski definition) is 4. The molecule has 0 bridgehead atoms. The lowest BCUT2D eigenvalue weighted by atomic mass is 10.1. The molecule has 2 aromatic carbocycles. The average Bonchev–Trinajstić information content (AvgIpc) is 3.42. The lowest BCUT2D eigenvalue weighted by Gasteiger charge is -2.18. The number of hydrogen-bond donors (Lipinski definition) is 1. The van der Waals surface area contributed by atoms with Crippen LogP contribution in [0.4, 0.5) is 10.1 Å². The van der Waals surface area contributed by atoms with Gasteiger partial charge in [0.1, 0.15) is 5.82 Å². The number of likely N-dealkylation sites (tertiary alicyclic amines) is 1. The molecule has 1 amide bonds. The zero-order valence-electron chi connectivity index (χ0n) is 18.0. The predicted molar refractivity (Wildman–Crippen MR) is 126 cm³/mol. The van der Waals surface area contributed by atoms with Gasteiger partial charge in [-0.2, -0.15) is 0 Å². The summed E-state index contributed by atoms with van der Waals surface area (Å²) in [6.45, 7) is 3.68. The summed E-state index contributed by atoms with van der Waals surface area (Å²) in [6, 6.07) is 17.0. The Morgan fingerprint density at radius 2 is 1.97 bits per heavy atom. The number of carbonyl (C=O) groups excluding carboxylic acids is 1. The molecule has 31 heavy (non-hydrogen) atoms. The molecule has 0 radical (unpaired) electrons. The van der Waals surface area contributed by atoms with E-state index in [-0.39, 0.29) is 11.7 Å². The van der Waals surface area contributed by atoms with Gasteiger partial charge in [-0.3, -0.25) is 9.69 Å². The molecule has 1 unspecified atom stereocenters. The van der Waals surface area contributed by atoms with Gasteiger partial charge in [-0.15, -0.1) is 11.3 Å². The molecular weight excluding hydrogens is 409 g/mol. The SMILES string of the molecule is CN(C)c1ccc(CN2CCC(CNC(=O)c3cc(-c4cccc(F)c4)cs3)C2)cc1. The Balaban J connectivity index is 1.26. The number of nitrogens with one attached hydrogen (secondary N) is 1. The van der Waals surface area contributed by atoms with Gasteiger partial charge in [0, 0.05) is 39.4 Å². The van der Waals surface area contributed by atoms with E-state index < -0.39 is 0 Å². The van der Waals surface area contributed by atoms with E-state index >= 15 is 0 Å². The second kappa shape index (κ2) is 9.62. The number of halogens is 1.